The molecule has 1 heterocycles. The number of halogens is 3. The van der Waals surface area contributed by atoms with E-state index in [1.165, 1.54) is 6.33 Å². The molecule has 6 heteroatoms. The number of hydrogen-bond acceptors (Lipinski definition) is 3. The van der Waals surface area contributed by atoms with Crippen LogP contribution in [0.25, 0.3) is 23.5 Å². The normalized spacial score (nSPS) is 11.8. The molecule has 0 bridgehead atoms. The predicted octanol–water partition coefficient (Wildman–Crippen LogP) is 5.54. The van der Waals surface area contributed by atoms with Gasteiger partial charge in [-0.2, -0.15) is 0 Å². The van der Waals surface area contributed by atoms with E-state index in [0.717, 1.165) is 16.7 Å². The molecule has 0 saturated heterocycles. The standard InChI is InChI=1S/C18H12Cl3N3/c19-18(20,21)17-23-12-22-16(24-17)15-10-8-14(9-11-15)7-6-13-4-2-1-3-5-13/h1-12H. The Balaban J connectivity index is 1.81. The van der Waals surface area contributed by atoms with Crippen molar-refractivity contribution in [2.24, 2.45) is 0 Å². The van der Waals surface area contributed by atoms with E-state index in [-0.39, 0.29) is 5.82 Å². The Morgan fingerprint density at radius 2 is 1.38 bits per heavy atom. The average molecular weight is 377 g/mol. The Kier molecular flexibility index (Phi) is 5.14. The highest BCUT2D eigenvalue weighted by Crippen LogP contribution is 2.35. The molecule has 3 aromatic rings. The first-order valence-corrected chi connectivity index (χ1v) is 8.25. The Bertz CT molecular complexity index is 841. The van der Waals surface area contributed by atoms with E-state index in [4.69, 9.17) is 34.8 Å². The van der Waals surface area contributed by atoms with Gasteiger partial charge in [0, 0.05) is 5.56 Å². The summed E-state index contributed by atoms with van der Waals surface area (Å²) in [5.74, 6) is 0.565. The lowest BCUT2D eigenvalue weighted by Gasteiger charge is -2.09. The van der Waals surface area contributed by atoms with Crippen molar-refractivity contribution >= 4 is 47.0 Å². The van der Waals surface area contributed by atoms with Gasteiger partial charge in [0.1, 0.15) is 6.33 Å². The zero-order valence-corrected chi connectivity index (χ0v) is 14.7. The molecule has 0 radical (unpaired) electrons. The van der Waals surface area contributed by atoms with Crippen LogP contribution in [0.4, 0.5) is 0 Å². The predicted molar refractivity (Wildman–Crippen MR) is 99.9 cm³/mol. The maximum Gasteiger partial charge on any atom is 0.250 e. The van der Waals surface area contributed by atoms with Gasteiger partial charge < -0.3 is 0 Å². The maximum atomic E-state index is 5.81. The highest BCUT2D eigenvalue weighted by atomic mass is 35.6. The fraction of sp³-hybridized carbons (Fsp3) is 0.0556. The van der Waals surface area contributed by atoms with Crippen molar-refractivity contribution in [3.8, 4) is 11.4 Å². The largest absolute Gasteiger partial charge is 0.250 e. The van der Waals surface area contributed by atoms with Gasteiger partial charge in [-0.3, -0.25) is 0 Å². The summed E-state index contributed by atoms with van der Waals surface area (Å²) in [7, 11) is 0. The molecule has 3 nitrogen and oxygen atoms in total. The van der Waals surface area contributed by atoms with Crippen LogP contribution in [0.3, 0.4) is 0 Å². The van der Waals surface area contributed by atoms with Crippen LogP contribution < -0.4 is 0 Å². The molecule has 0 aliphatic carbocycles. The lowest BCUT2D eigenvalue weighted by molar-refractivity contribution is 0.924. The molecule has 120 valence electrons. The van der Waals surface area contributed by atoms with Crippen molar-refractivity contribution in [3.63, 3.8) is 0 Å². The summed E-state index contributed by atoms with van der Waals surface area (Å²) in [4.78, 5) is 12.2. The highest BCUT2D eigenvalue weighted by Gasteiger charge is 2.27. The van der Waals surface area contributed by atoms with Crippen molar-refractivity contribution in [1.82, 2.24) is 15.0 Å². The Morgan fingerprint density at radius 3 is 2.00 bits per heavy atom. The van der Waals surface area contributed by atoms with E-state index in [1.807, 2.05) is 60.7 Å². The topological polar surface area (TPSA) is 38.7 Å². The molecule has 0 N–H and O–H groups in total. The molecule has 3 rings (SSSR count). The molecule has 0 spiro atoms. The van der Waals surface area contributed by atoms with Crippen molar-refractivity contribution in [2.45, 2.75) is 3.79 Å². The first-order chi connectivity index (χ1) is 11.5. The van der Waals surface area contributed by atoms with Gasteiger partial charge in [-0.1, -0.05) is 102 Å². The summed E-state index contributed by atoms with van der Waals surface area (Å²) in [6.07, 6.45) is 5.43. The molecule has 0 unspecified atom stereocenters. The van der Waals surface area contributed by atoms with Gasteiger partial charge in [0.15, 0.2) is 11.6 Å². The molecule has 0 fully saturated rings. The molecule has 0 aliphatic heterocycles. The maximum absolute atomic E-state index is 5.81. The summed E-state index contributed by atoms with van der Waals surface area (Å²) in [5, 5.41) is 0. The van der Waals surface area contributed by atoms with E-state index in [0.29, 0.717) is 5.82 Å². The Hall–Kier alpha value is -1.94. The van der Waals surface area contributed by atoms with E-state index >= 15 is 0 Å². The fourth-order valence-electron chi connectivity index (χ4n) is 2.07. The number of hydrogen-bond donors (Lipinski definition) is 0. The van der Waals surface area contributed by atoms with Crippen LogP contribution >= 0.6 is 34.8 Å². The first kappa shape index (κ1) is 16.9. The van der Waals surface area contributed by atoms with Gasteiger partial charge >= 0.3 is 0 Å². The van der Waals surface area contributed by atoms with E-state index in [1.54, 1.807) is 0 Å². The lowest BCUT2D eigenvalue weighted by Crippen LogP contribution is -2.08. The Labute approximate surface area is 155 Å². The van der Waals surface area contributed by atoms with Crippen molar-refractivity contribution < 1.29 is 0 Å². The molecule has 0 amide bonds. The zero-order chi connectivity index (χ0) is 17.0. The minimum absolute atomic E-state index is 0.102. The smallest absolute Gasteiger partial charge is 0.217 e. The first-order valence-electron chi connectivity index (χ1n) is 7.12. The quantitative estimate of drug-likeness (QED) is 0.445. The van der Waals surface area contributed by atoms with E-state index in [2.05, 4.69) is 21.0 Å². The number of alkyl halides is 3. The minimum atomic E-state index is -1.67. The summed E-state index contributed by atoms with van der Waals surface area (Å²) in [5.41, 5.74) is 3.04. The minimum Gasteiger partial charge on any atom is -0.217 e. The van der Waals surface area contributed by atoms with Crippen LogP contribution in [0.1, 0.15) is 17.0 Å². The third kappa shape index (κ3) is 4.32. The summed E-state index contributed by atoms with van der Waals surface area (Å²) >= 11 is 17.4. The second-order valence-electron chi connectivity index (χ2n) is 5.00. The second kappa shape index (κ2) is 7.31. The van der Waals surface area contributed by atoms with Gasteiger partial charge in [-0.25, -0.2) is 15.0 Å². The number of benzene rings is 2. The van der Waals surface area contributed by atoms with Gasteiger partial charge in [0.25, 0.3) is 0 Å². The fourth-order valence-corrected chi connectivity index (χ4v) is 2.35. The van der Waals surface area contributed by atoms with Crippen molar-refractivity contribution in [1.29, 1.82) is 0 Å². The molecule has 0 aliphatic rings. The summed E-state index contributed by atoms with van der Waals surface area (Å²) in [6.45, 7) is 0. The molecular weight excluding hydrogens is 365 g/mol. The Morgan fingerprint density at radius 1 is 0.750 bits per heavy atom. The van der Waals surface area contributed by atoms with Crippen LogP contribution in [-0.4, -0.2) is 15.0 Å². The van der Waals surface area contributed by atoms with Crippen molar-refractivity contribution in [3.05, 3.63) is 77.9 Å². The van der Waals surface area contributed by atoms with Gasteiger partial charge in [0.2, 0.25) is 3.79 Å². The van der Waals surface area contributed by atoms with Gasteiger partial charge in [0.05, 0.1) is 0 Å². The van der Waals surface area contributed by atoms with E-state index in [9.17, 15) is 0 Å². The monoisotopic (exact) mass is 375 g/mol. The third-order valence-electron chi connectivity index (χ3n) is 3.26. The van der Waals surface area contributed by atoms with Crippen LogP contribution in [0.5, 0.6) is 0 Å². The van der Waals surface area contributed by atoms with Gasteiger partial charge in [-0.15, -0.1) is 0 Å². The molecule has 0 saturated carbocycles. The van der Waals surface area contributed by atoms with Crippen LogP contribution in [0.15, 0.2) is 60.9 Å². The zero-order valence-electron chi connectivity index (χ0n) is 12.4. The summed E-state index contributed by atoms with van der Waals surface area (Å²) < 4.78 is -1.67. The van der Waals surface area contributed by atoms with Crippen LogP contribution in [0, 0.1) is 0 Å². The molecule has 0 atom stereocenters. The molecule has 2 aromatic carbocycles. The van der Waals surface area contributed by atoms with Crippen LogP contribution in [-0.2, 0) is 3.79 Å². The van der Waals surface area contributed by atoms with Crippen LogP contribution in [0.2, 0.25) is 0 Å². The highest BCUT2D eigenvalue weighted by molar-refractivity contribution is 6.66. The average Bonchev–Trinajstić information content (AvgIpc) is 2.61. The molecule has 1 aromatic heterocycles. The SMILES string of the molecule is ClC(Cl)(Cl)c1ncnc(-c2ccc(C=Cc3ccccc3)cc2)n1. The number of nitrogens with zero attached hydrogens (tertiary/aromatic N) is 3. The van der Waals surface area contributed by atoms with Crippen molar-refractivity contribution in [2.75, 3.05) is 0 Å². The molecule has 24 heavy (non-hydrogen) atoms. The second-order valence-corrected chi connectivity index (χ2v) is 7.28. The lowest BCUT2D eigenvalue weighted by atomic mass is 10.1. The van der Waals surface area contributed by atoms with Gasteiger partial charge in [-0.05, 0) is 11.1 Å². The molecular formula is C18H12Cl3N3. The third-order valence-corrected chi connectivity index (χ3v) is 3.77. The number of aromatic nitrogens is 3. The summed E-state index contributed by atoms with van der Waals surface area (Å²) in [6, 6.07) is 17.9. The number of rotatable bonds is 3. The van der Waals surface area contributed by atoms with E-state index < -0.39 is 3.79 Å².